The van der Waals surface area contributed by atoms with Crippen LogP contribution >= 0.6 is 15.9 Å². The van der Waals surface area contributed by atoms with E-state index in [1.54, 1.807) is 12.1 Å². The minimum Gasteiger partial charge on any atom is -0.395 e. The Morgan fingerprint density at radius 1 is 1.30 bits per heavy atom. The average molecular weight is 344 g/mol. The molecule has 1 aliphatic heterocycles. The summed E-state index contributed by atoms with van der Waals surface area (Å²) in [7, 11) is 0. The number of nitrogens with zero attached hydrogens (tertiary/aromatic N) is 3. The van der Waals surface area contributed by atoms with Gasteiger partial charge in [-0.15, -0.1) is 0 Å². The first-order valence-corrected chi connectivity index (χ1v) is 7.43. The minimum atomic E-state index is -0.337. The number of halogens is 1. The maximum Gasteiger partial charge on any atom is 0.293 e. The second-order valence-corrected chi connectivity index (χ2v) is 5.71. The van der Waals surface area contributed by atoms with E-state index in [1.807, 2.05) is 6.07 Å². The first kappa shape index (κ1) is 15.2. The van der Waals surface area contributed by atoms with E-state index < -0.39 is 0 Å². The van der Waals surface area contributed by atoms with Crippen LogP contribution in [0.3, 0.4) is 0 Å². The van der Waals surface area contributed by atoms with Gasteiger partial charge in [0.05, 0.1) is 11.5 Å². The molecule has 0 aromatic heterocycles. The van der Waals surface area contributed by atoms with Crippen molar-refractivity contribution >= 4 is 27.3 Å². The molecule has 2 rings (SSSR count). The van der Waals surface area contributed by atoms with Crippen LogP contribution in [0, 0.1) is 10.1 Å². The number of nitro benzene ring substituents is 1. The lowest BCUT2D eigenvalue weighted by Gasteiger charge is -2.23. The SMILES string of the molecule is O=[N+]([O-])c1cc(Br)ccc1N1CCCN(CCO)CC1. The third-order valence-corrected chi connectivity index (χ3v) is 3.97. The van der Waals surface area contributed by atoms with Gasteiger partial charge in [0.25, 0.3) is 5.69 Å². The van der Waals surface area contributed by atoms with E-state index in [9.17, 15) is 10.1 Å². The Morgan fingerprint density at radius 2 is 2.10 bits per heavy atom. The summed E-state index contributed by atoms with van der Waals surface area (Å²) in [6, 6.07) is 5.17. The van der Waals surface area contributed by atoms with Crippen LogP contribution in [-0.4, -0.2) is 54.3 Å². The van der Waals surface area contributed by atoms with Crippen LogP contribution in [0.1, 0.15) is 6.42 Å². The first-order valence-electron chi connectivity index (χ1n) is 6.64. The van der Waals surface area contributed by atoms with Crippen LogP contribution in [0.15, 0.2) is 22.7 Å². The van der Waals surface area contributed by atoms with Gasteiger partial charge < -0.3 is 10.0 Å². The highest BCUT2D eigenvalue weighted by molar-refractivity contribution is 9.10. The molecule has 7 heteroatoms. The van der Waals surface area contributed by atoms with E-state index in [2.05, 4.69) is 25.7 Å². The minimum absolute atomic E-state index is 0.134. The predicted molar refractivity (Wildman–Crippen MR) is 81.2 cm³/mol. The van der Waals surface area contributed by atoms with Crippen molar-refractivity contribution in [3.05, 3.63) is 32.8 Å². The topological polar surface area (TPSA) is 69.9 Å². The molecule has 0 spiro atoms. The highest BCUT2D eigenvalue weighted by Gasteiger charge is 2.22. The molecule has 0 amide bonds. The molecule has 0 atom stereocenters. The van der Waals surface area contributed by atoms with Gasteiger partial charge in [-0.2, -0.15) is 0 Å². The molecule has 0 unspecified atom stereocenters. The predicted octanol–water partition coefficient (Wildman–Crippen LogP) is 1.86. The van der Waals surface area contributed by atoms with E-state index in [-0.39, 0.29) is 17.2 Å². The Kier molecular flexibility index (Phi) is 5.33. The van der Waals surface area contributed by atoms with Gasteiger partial charge in [0.1, 0.15) is 5.69 Å². The van der Waals surface area contributed by atoms with E-state index >= 15 is 0 Å². The lowest BCUT2D eigenvalue weighted by Crippen LogP contribution is -2.32. The van der Waals surface area contributed by atoms with Crippen LogP contribution < -0.4 is 4.90 Å². The Bertz CT molecular complexity index is 484. The van der Waals surface area contributed by atoms with Crippen molar-refractivity contribution in [1.29, 1.82) is 0 Å². The molecular weight excluding hydrogens is 326 g/mol. The van der Waals surface area contributed by atoms with Gasteiger partial charge in [-0.3, -0.25) is 15.0 Å². The van der Waals surface area contributed by atoms with Gasteiger partial charge in [-0.1, -0.05) is 15.9 Å². The summed E-state index contributed by atoms with van der Waals surface area (Å²) in [6.45, 7) is 4.08. The molecule has 110 valence electrons. The Hall–Kier alpha value is -1.18. The van der Waals surface area contributed by atoms with Gasteiger partial charge >= 0.3 is 0 Å². The molecule has 20 heavy (non-hydrogen) atoms. The standard InChI is InChI=1S/C13H18BrN3O3/c14-11-2-3-12(13(10-11)17(19)20)16-5-1-4-15(6-7-16)8-9-18/h2-3,10,18H,1,4-9H2. The molecule has 1 fully saturated rings. The second kappa shape index (κ2) is 7.01. The maximum absolute atomic E-state index is 11.2. The lowest BCUT2D eigenvalue weighted by atomic mass is 10.2. The summed E-state index contributed by atoms with van der Waals surface area (Å²) >= 11 is 3.28. The molecule has 0 radical (unpaired) electrons. The zero-order valence-corrected chi connectivity index (χ0v) is 12.8. The fourth-order valence-corrected chi connectivity index (χ4v) is 2.84. The summed E-state index contributed by atoms with van der Waals surface area (Å²) in [5.41, 5.74) is 0.805. The van der Waals surface area contributed by atoms with E-state index in [4.69, 9.17) is 5.11 Å². The van der Waals surface area contributed by atoms with Crippen LogP contribution in [0.5, 0.6) is 0 Å². The van der Waals surface area contributed by atoms with Crippen molar-refractivity contribution in [2.24, 2.45) is 0 Å². The number of β-amino-alcohol motifs (C(OH)–C–C–N with tert-alkyl or cyclic N) is 1. The number of hydrogen-bond donors (Lipinski definition) is 1. The lowest BCUT2D eigenvalue weighted by molar-refractivity contribution is -0.384. The van der Waals surface area contributed by atoms with E-state index in [0.29, 0.717) is 16.7 Å². The number of benzene rings is 1. The summed E-state index contributed by atoms with van der Waals surface area (Å²) in [6.07, 6.45) is 0.938. The fourth-order valence-electron chi connectivity index (χ4n) is 2.49. The van der Waals surface area contributed by atoms with Crippen molar-refractivity contribution in [3.63, 3.8) is 0 Å². The number of hydrogen-bond acceptors (Lipinski definition) is 5. The molecule has 1 heterocycles. The molecule has 6 nitrogen and oxygen atoms in total. The largest absolute Gasteiger partial charge is 0.395 e. The van der Waals surface area contributed by atoms with Crippen molar-refractivity contribution in [2.75, 3.05) is 44.2 Å². The van der Waals surface area contributed by atoms with E-state index in [0.717, 1.165) is 32.6 Å². The van der Waals surface area contributed by atoms with Crippen LogP contribution in [0.4, 0.5) is 11.4 Å². The third-order valence-electron chi connectivity index (χ3n) is 3.48. The Balaban J connectivity index is 2.17. The first-order chi connectivity index (χ1) is 9.61. The van der Waals surface area contributed by atoms with Crippen molar-refractivity contribution in [3.8, 4) is 0 Å². The van der Waals surface area contributed by atoms with Gasteiger partial charge in [0, 0.05) is 36.7 Å². The van der Waals surface area contributed by atoms with Crippen LogP contribution in [0.25, 0.3) is 0 Å². The Labute approximate surface area is 126 Å². The molecule has 1 N–H and O–H groups in total. The average Bonchev–Trinajstić information content (AvgIpc) is 2.65. The molecule has 1 aromatic rings. The van der Waals surface area contributed by atoms with Gasteiger partial charge in [0.15, 0.2) is 0 Å². The number of aliphatic hydroxyl groups excluding tert-OH is 1. The van der Waals surface area contributed by atoms with Gasteiger partial charge in [-0.05, 0) is 25.1 Å². The molecule has 0 bridgehead atoms. The van der Waals surface area contributed by atoms with Crippen LogP contribution in [0.2, 0.25) is 0 Å². The molecule has 1 saturated heterocycles. The molecule has 1 aromatic carbocycles. The summed E-state index contributed by atoms with van der Waals surface area (Å²) in [4.78, 5) is 15.1. The number of aliphatic hydroxyl groups is 1. The summed E-state index contributed by atoms with van der Waals surface area (Å²) in [5, 5.41) is 20.2. The van der Waals surface area contributed by atoms with Crippen LogP contribution in [-0.2, 0) is 0 Å². The second-order valence-electron chi connectivity index (χ2n) is 4.80. The zero-order chi connectivity index (χ0) is 14.5. The zero-order valence-electron chi connectivity index (χ0n) is 11.2. The number of nitro groups is 1. The quantitative estimate of drug-likeness (QED) is 0.667. The monoisotopic (exact) mass is 343 g/mol. The molecular formula is C13H18BrN3O3. The summed E-state index contributed by atoms with van der Waals surface area (Å²) in [5.74, 6) is 0. The third kappa shape index (κ3) is 3.68. The molecule has 1 aliphatic rings. The highest BCUT2D eigenvalue weighted by Crippen LogP contribution is 2.31. The van der Waals surface area contributed by atoms with Crippen molar-refractivity contribution < 1.29 is 10.0 Å². The van der Waals surface area contributed by atoms with E-state index in [1.165, 1.54) is 0 Å². The normalized spacial score (nSPS) is 17.0. The van der Waals surface area contributed by atoms with Gasteiger partial charge in [0.2, 0.25) is 0 Å². The van der Waals surface area contributed by atoms with Gasteiger partial charge in [-0.25, -0.2) is 0 Å². The Morgan fingerprint density at radius 3 is 2.80 bits per heavy atom. The molecule has 0 aliphatic carbocycles. The number of anilines is 1. The maximum atomic E-state index is 11.2. The smallest absolute Gasteiger partial charge is 0.293 e. The fraction of sp³-hybridized carbons (Fsp3) is 0.538. The van der Waals surface area contributed by atoms with Crippen molar-refractivity contribution in [1.82, 2.24) is 4.90 Å². The summed E-state index contributed by atoms with van der Waals surface area (Å²) < 4.78 is 0.713. The number of rotatable bonds is 4. The molecule has 0 saturated carbocycles. The van der Waals surface area contributed by atoms with Crippen molar-refractivity contribution in [2.45, 2.75) is 6.42 Å². The highest BCUT2D eigenvalue weighted by atomic mass is 79.9.